The molecule has 3 N–H and O–H groups in total. The van der Waals surface area contributed by atoms with Crippen LogP contribution in [0.15, 0.2) is 0 Å². The minimum Gasteiger partial charge on any atom is -0.448 e. The van der Waals surface area contributed by atoms with Gasteiger partial charge in [-0.1, -0.05) is 0 Å². The zero-order valence-electron chi connectivity index (χ0n) is 6.31. The lowest BCUT2D eigenvalue weighted by Crippen LogP contribution is -2.27. The number of rotatable bonds is 5. The number of nitrogens with two attached hydrogens (primary N) is 1. The lowest BCUT2D eigenvalue weighted by molar-refractivity contribution is 0.149. The Kier molecular flexibility index (Phi) is 6.71. The third kappa shape index (κ3) is 7.05. The maximum Gasteiger partial charge on any atom is 0.407 e. The summed E-state index contributed by atoms with van der Waals surface area (Å²) in [5.74, 6) is 0. The Balaban J connectivity index is 3.09. The fourth-order valence-electron chi connectivity index (χ4n) is 0.460. The molecule has 0 rings (SSSR count). The molecule has 0 spiro atoms. The van der Waals surface area contributed by atoms with Gasteiger partial charge < -0.3 is 15.8 Å². The molecule has 0 unspecified atom stereocenters. The number of ether oxygens (including phenoxy) is 1. The number of alkyl halides is 1. The van der Waals surface area contributed by atoms with Crippen molar-refractivity contribution >= 4 is 6.09 Å². The van der Waals surface area contributed by atoms with Crippen LogP contribution in [0.3, 0.4) is 0 Å². The van der Waals surface area contributed by atoms with Gasteiger partial charge in [-0.3, -0.25) is 4.39 Å². The lowest BCUT2D eigenvalue weighted by Gasteiger charge is -2.03. The number of alkyl carbamates (subject to hydrolysis) is 1. The van der Waals surface area contributed by atoms with Crippen LogP contribution >= 0.6 is 0 Å². The quantitative estimate of drug-likeness (QED) is 0.563. The van der Waals surface area contributed by atoms with E-state index in [-0.39, 0.29) is 6.61 Å². The van der Waals surface area contributed by atoms with Gasteiger partial charge in [-0.2, -0.15) is 0 Å². The minimum atomic E-state index is -0.538. The van der Waals surface area contributed by atoms with E-state index in [2.05, 4.69) is 10.1 Å². The van der Waals surface area contributed by atoms with Crippen LogP contribution in [-0.2, 0) is 4.74 Å². The molecule has 0 fully saturated rings. The predicted molar refractivity (Wildman–Crippen MR) is 39.0 cm³/mol. The van der Waals surface area contributed by atoms with Crippen LogP contribution in [0.5, 0.6) is 0 Å². The van der Waals surface area contributed by atoms with E-state index in [9.17, 15) is 9.18 Å². The number of hydrogen-bond donors (Lipinski definition) is 2. The fourth-order valence-corrected chi connectivity index (χ4v) is 0.460. The summed E-state index contributed by atoms with van der Waals surface area (Å²) in [6.45, 7) is 0.370. The van der Waals surface area contributed by atoms with Crippen molar-refractivity contribution in [1.82, 2.24) is 5.32 Å². The molecule has 0 aromatic carbocycles. The molecule has 66 valence electrons. The van der Waals surface area contributed by atoms with E-state index in [1.165, 1.54) is 0 Å². The summed E-state index contributed by atoms with van der Waals surface area (Å²) < 4.78 is 16.0. The van der Waals surface area contributed by atoms with Crippen molar-refractivity contribution in [2.45, 2.75) is 6.42 Å². The number of amides is 1. The van der Waals surface area contributed by atoms with Crippen LogP contribution in [0.1, 0.15) is 6.42 Å². The van der Waals surface area contributed by atoms with Gasteiger partial charge in [-0.15, -0.1) is 0 Å². The zero-order chi connectivity index (χ0) is 8.53. The SMILES string of the molecule is NCCOC(=O)NCCCF. The second-order valence-electron chi connectivity index (χ2n) is 1.89. The molecule has 0 bridgehead atoms. The third-order valence-electron chi connectivity index (χ3n) is 0.931. The number of hydrogen-bond acceptors (Lipinski definition) is 3. The largest absolute Gasteiger partial charge is 0.448 e. The topological polar surface area (TPSA) is 64.3 Å². The Labute approximate surface area is 64.9 Å². The maximum atomic E-state index is 11.5. The summed E-state index contributed by atoms with van der Waals surface area (Å²) in [5.41, 5.74) is 5.07. The Bertz CT molecular complexity index is 111. The van der Waals surface area contributed by atoms with Gasteiger partial charge in [0, 0.05) is 13.1 Å². The van der Waals surface area contributed by atoms with E-state index in [0.29, 0.717) is 19.5 Å². The minimum absolute atomic E-state index is 0.196. The van der Waals surface area contributed by atoms with Crippen molar-refractivity contribution in [2.75, 3.05) is 26.4 Å². The molecule has 0 aromatic rings. The van der Waals surface area contributed by atoms with Crippen LogP contribution in [0.25, 0.3) is 0 Å². The second kappa shape index (κ2) is 7.27. The number of carbonyl (C=O) groups excluding carboxylic acids is 1. The fraction of sp³-hybridized carbons (Fsp3) is 0.833. The molecule has 0 saturated heterocycles. The molecule has 0 aliphatic heterocycles. The van der Waals surface area contributed by atoms with E-state index < -0.39 is 12.8 Å². The van der Waals surface area contributed by atoms with Gasteiger partial charge in [-0.25, -0.2) is 4.79 Å². The summed E-state index contributed by atoms with van der Waals surface area (Å²) in [6.07, 6.45) is -0.221. The predicted octanol–water partition coefficient (Wildman–Crippen LogP) is 0.0309. The molecule has 0 aromatic heterocycles. The van der Waals surface area contributed by atoms with Crippen LogP contribution in [0.2, 0.25) is 0 Å². The molecule has 0 radical (unpaired) electrons. The molecule has 5 heteroatoms. The molecular weight excluding hydrogens is 151 g/mol. The van der Waals surface area contributed by atoms with Crippen LogP contribution < -0.4 is 11.1 Å². The first-order valence-corrected chi connectivity index (χ1v) is 3.48. The van der Waals surface area contributed by atoms with Gasteiger partial charge in [0.15, 0.2) is 0 Å². The Morgan fingerprint density at radius 1 is 1.64 bits per heavy atom. The van der Waals surface area contributed by atoms with E-state index >= 15 is 0 Å². The van der Waals surface area contributed by atoms with Crippen LogP contribution in [0, 0.1) is 0 Å². The number of carbonyl (C=O) groups is 1. The lowest BCUT2D eigenvalue weighted by atomic mass is 10.5. The van der Waals surface area contributed by atoms with E-state index in [4.69, 9.17) is 5.73 Å². The molecule has 0 saturated carbocycles. The Morgan fingerprint density at radius 2 is 2.36 bits per heavy atom. The molecule has 0 atom stereocenters. The average molecular weight is 164 g/mol. The maximum absolute atomic E-state index is 11.5. The number of nitrogens with one attached hydrogen (secondary N) is 1. The number of halogens is 1. The summed E-state index contributed by atoms with van der Waals surface area (Å²) >= 11 is 0. The molecule has 1 amide bonds. The highest BCUT2D eigenvalue weighted by atomic mass is 19.1. The molecule has 0 heterocycles. The van der Waals surface area contributed by atoms with E-state index in [1.807, 2.05) is 0 Å². The van der Waals surface area contributed by atoms with Crippen molar-refractivity contribution in [3.8, 4) is 0 Å². The summed E-state index contributed by atoms with van der Waals surface area (Å²) in [4.78, 5) is 10.6. The smallest absolute Gasteiger partial charge is 0.407 e. The first-order valence-electron chi connectivity index (χ1n) is 3.48. The zero-order valence-corrected chi connectivity index (χ0v) is 6.31. The summed E-state index contributed by atoms with van der Waals surface area (Å²) in [6, 6.07) is 0. The third-order valence-corrected chi connectivity index (χ3v) is 0.931. The van der Waals surface area contributed by atoms with Gasteiger partial charge >= 0.3 is 6.09 Å². The van der Waals surface area contributed by atoms with Crippen LogP contribution in [0.4, 0.5) is 9.18 Å². The van der Waals surface area contributed by atoms with Crippen molar-refractivity contribution in [2.24, 2.45) is 5.73 Å². The van der Waals surface area contributed by atoms with Crippen molar-refractivity contribution in [1.29, 1.82) is 0 Å². The first-order chi connectivity index (χ1) is 5.31. The standard InChI is InChI=1S/C6H13FN2O2/c7-2-1-4-9-6(10)11-5-3-8/h1-5,8H2,(H,9,10). The monoisotopic (exact) mass is 164 g/mol. The highest BCUT2D eigenvalue weighted by Crippen LogP contribution is 1.79. The highest BCUT2D eigenvalue weighted by Gasteiger charge is 1.97. The molecule has 11 heavy (non-hydrogen) atoms. The van der Waals surface area contributed by atoms with Crippen molar-refractivity contribution in [3.63, 3.8) is 0 Å². The summed E-state index contributed by atoms with van der Waals surface area (Å²) in [5, 5.41) is 2.36. The molecule has 0 aliphatic carbocycles. The Hall–Kier alpha value is -0.840. The molecule has 4 nitrogen and oxygen atoms in total. The molecular formula is C6H13FN2O2. The normalized spacial score (nSPS) is 9.27. The van der Waals surface area contributed by atoms with E-state index in [0.717, 1.165) is 0 Å². The second-order valence-corrected chi connectivity index (χ2v) is 1.89. The van der Waals surface area contributed by atoms with Gasteiger partial charge in [0.25, 0.3) is 0 Å². The van der Waals surface area contributed by atoms with Gasteiger partial charge in [0.05, 0.1) is 6.67 Å². The van der Waals surface area contributed by atoms with Gasteiger partial charge in [-0.05, 0) is 6.42 Å². The Morgan fingerprint density at radius 3 is 2.91 bits per heavy atom. The average Bonchev–Trinajstić information content (AvgIpc) is 2.01. The summed E-state index contributed by atoms with van der Waals surface area (Å²) in [7, 11) is 0. The first kappa shape index (κ1) is 10.2. The van der Waals surface area contributed by atoms with Crippen molar-refractivity contribution in [3.05, 3.63) is 0 Å². The van der Waals surface area contributed by atoms with Crippen LogP contribution in [-0.4, -0.2) is 32.5 Å². The van der Waals surface area contributed by atoms with Gasteiger partial charge in [0.1, 0.15) is 6.61 Å². The van der Waals surface area contributed by atoms with Crippen molar-refractivity contribution < 1.29 is 13.9 Å². The molecule has 0 aliphatic rings. The van der Waals surface area contributed by atoms with E-state index in [1.54, 1.807) is 0 Å². The van der Waals surface area contributed by atoms with Gasteiger partial charge in [0.2, 0.25) is 0 Å². The highest BCUT2D eigenvalue weighted by molar-refractivity contribution is 5.66.